The van der Waals surface area contributed by atoms with E-state index in [1.54, 1.807) is 25.1 Å². The maximum Gasteiger partial charge on any atom is 0.328 e. The Morgan fingerprint density at radius 2 is 2.11 bits per heavy atom. The Hall–Kier alpha value is -1.62. The van der Waals surface area contributed by atoms with Crippen LogP contribution < -0.4 is 0 Å². The van der Waals surface area contributed by atoms with Crippen molar-refractivity contribution in [1.82, 2.24) is 0 Å². The normalized spacial score (nSPS) is 25.6. The molecule has 1 fully saturated rings. The molecule has 2 rings (SSSR count). The number of hydrogen-bond acceptors (Lipinski definition) is 4. The van der Waals surface area contributed by atoms with Crippen LogP contribution in [0.2, 0.25) is 0 Å². The van der Waals surface area contributed by atoms with E-state index in [-0.39, 0.29) is 23.8 Å². The van der Waals surface area contributed by atoms with E-state index < -0.39 is 20.6 Å². The second-order valence-electron chi connectivity index (χ2n) is 4.47. The molecule has 0 aliphatic heterocycles. The summed E-state index contributed by atoms with van der Waals surface area (Å²) in [7, 11) is -3.76. The average Bonchev–Trinajstić information content (AvgIpc) is 3.16. The van der Waals surface area contributed by atoms with E-state index in [9.17, 15) is 13.2 Å². The van der Waals surface area contributed by atoms with Crippen molar-refractivity contribution in [1.29, 1.82) is 0 Å². The van der Waals surface area contributed by atoms with Crippen LogP contribution in [0.25, 0.3) is 0 Å². The topological polar surface area (TPSA) is 60.4 Å². The number of hydrogen-bond donors (Lipinski definition) is 0. The van der Waals surface area contributed by atoms with Crippen molar-refractivity contribution in [3.05, 3.63) is 43.0 Å². The fourth-order valence-electron chi connectivity index (χ4n) is 2.26. The van der Waals surface area contributed by atoms with Gasteiger partial charge in [0.05, 0.1) is 11.5 Å². The van der Waals surface area contributed by atoms with E-state index in [1.165, 1.54) is 18.2 Å². The predicted molar refractivity (Wildman–Crippen MR) is 71.3 cm³/mol. The molecular weight excluding hydrogens is 264 g/mol. The summed E-state index contributed by atoms with van der Waals surface area (Å²) in [5, 5.41) is 0. The van der Waals surface area contributed by atoms with E-state index in [0.29, 0.717) is 0 Å². The van der Waals surface area contributed by atoms with Crippen molar-refractivity contribution >= 4 is 15.8 Å². The van der Waals surface area contributed by atoms with Crippen LogP contribution in [0.3, 0.4) is 0 Å². The van der Waals surface area contributed by atoms with E-state index >= 15 is 0 Å². The van der Waals surface area contributed by atoms with Gasteiger partial charge < -0.3 is 4.74 Å². The van der Waals surface area contributed by atoms with Gasteiger partial charge >= 0.3 is 5.97 Å². The summed E-state index contributed by atoms with van der Waals surface area (Å²) >= 11 is 0. The fraction of sp³-hybridized carbons (Fsp3) is 0.357. The minimum Gasteiger partial charge on any atom is -0.465 e. The molecule has 0 bridgehead atoms. The molecular formula is C14H16O4S. The Balaban J connectivity index is 2.47. The van der Waals surface area contributed by atoms with E-state index in [0.717, 1.165) is 0 Å². The zero-order chi connectivity index (χ0) is 14.1. The monoisotopic (exact) mass is 280 g/mol. The summed E-state index contributed by atoms with van der Waals surface area (Å²) in [4.78, 5) is 12.2. The smallest absolute Gasteiger partial charge is 0.328 e. The third kappa shape index (κ3) is 1.98. The van der Waals surface area contributed by atoms with Crippen LogP contribution in [-0.4, -0.2) is 25.7 Å². The lowest BCUT2D eigenvalue weighted by Crippen LogP contribution is -2.36. The molecule has 2 atom stereocenters. The molecule has 1 aromatic carbocycles. The lowest BCUT2D eigenvalue weighted by Gasteiger charge is -2.16. The largest absolute Gasteiger partial charge is 0.465 e. The molecule has 2 unspecified atom stereocenters. The van der Waals surface area contributed by atoms with Crippen LogP contribution in [0.4, 0.5) is 0 Å². The fourth-order valence-corrected chi connectivity index (χ4v) is 4.37. The molecule has 1 aliphatic rings. The lowest BCUT2D eigenvalue weighted by atomic mass is 10.3. The van der Waals surface area contributed by atoms with Gasteiger partial charge in [-0.05, 0) is 25.5 Å². The number of rotatable bonds is 5. The molecule has 1 aromatic rings. The standard InChI is InChI=1S/C14H16O4S/c1-3-11-10-14(11,13(15)18-4-2)19(16,17)12-8-6-5-7-9-12/h3,5-9,11H,1,4,10H2,2H3. The van der Waals surface area contributed by atoms with Gasteiger partial charge in [0.1, 0.15) is 0 Å². The molecule has 0 radical (unpaired) electrons. The molecule has 5 heteroatoms. The predicted octanol–water partition coefficient (Wildman–Crippen LogP) is 1.97. The van der Waals surface area contributed by atoms with Crippen molar-refractivity contribution < 1.29 is 17.9 Å². The van der Waals surface area contributed by atoms with Crippen molar-refractivity contribution in [2.24, 2.45) is 5.92 Å². The number of carbonyl (C=O) groups is 1. The van der Waals surface area contributed by atoms with E-state index in [1.807, 2.05) is 0 Å². The zero-order valence-corrected chi connectivity index (χ0v) is 11.5. The van der Waals surface area contributed by atoms with Gasteiger partial charge in [0.25, 0.3) is 0 Å². The highest BCUT2D eigenvalue weighted by Crippen LogP contribution is 2.54. The van der Waals surface area contributed by atoms with Gasteiger partial charge in [0, 0.05) is 5.92 Å². The third-order valence-electron chi connectivity index (χ3n) is 3.40. The minimum absolute atomic E-state index is 0.146. The number of ether oxygens (including phenoxy) is 1. The molecule has 19 heavy (non-hydrogen) atoms. The summed E-state index contributed by atoms with van der Waals surface area (Å²) in [5.74, 6) is -1.06. The summed E-state index contributed by atoms with van der Waals surface area (Å²) in [6, 6.07) is 7.99. The van der Waals surface area contributed by atoms with Gasteiger partial charge in [-0.1, -0.05) is 24.3 Å². The van der Waals surface area contributed by atoms with E-state index in [4.69, 9.17) is 4.74 Å². The number of benzene rings is 1. The molecule has 102 valence electrons. The molecule has 0 aromatic heterocycles. The minimum atomic E-state index is -3.76. The highest BCUT2D eigenvalue weighted by atomic mass is 32.2. The molecule has 0 spiro atoms. The van der Waals surface area contributed by atoms with Crippen LogP contribution in [0.5, 0.6) is 0 Å². The van der Waals surface area contributed by atoms with Crippen LogP contribution in [0.1, 0.15) is 13.3 Å². The SMILES string of the molecule is C=CC1CC1(C(=O)OCC)S(=O)(=O)c1ccccc1. The molecule has 1 aliphatic carbocycles. The van der Waals surface area contributed by atoms with Gasteiger partial charge in [-0.25, -0.2) is 8.42 Å². The Labute approximate surface area is 113 Å². The number of sulfone groups is 1. The summed E-state index contributed by atoms with van der Waals surface area (Å²) in [5.41, 5.74) is 0. The van der Waals surface area contributed by atoms with Gasteiger partial charge in [0.15, 0.2) is 14.6 Å². The van der Waals surface area contributed by atoms with Crippen LogP contribution >= 0.6 is 0 Å². The Morgan fingerprint density at radius 3 is 2.58 bits per heavy atom. The van der Waals surface area contributed by atoms with E-state index in [2.05, 4.69) is 6.58 Å². The molecule has 4 nitrogen and oxygen atoms in total. The highest BCUT2D eigenvalue weighted by Gasteiger charge is 2.69. The Bertz CT molecular complexity index is 591. The van der Waals surface area contributed by atoms with Gasteiger partial charge in [0.2, 0.25) is 0 Å². The average molecular weight is 280 g/mol. The molecule has 0 amide bonds. The van der Waals surface area contributed by atoms with Gasteiger partial charge in [-0.2, -0.15) is 0 Å². The number of allylic oxidation sites excluding steroid dienone is 1. The van der Waals surface area contributed by atoms with Crippen LogP contribution in [0, 0.1) is 5.92 Å². The summed E-state index contributed by atoms with van der Waals surface area (Å²) in [6.07, 6.45) is 1.75. The van der Waals surface area contributed by atoms with Crippen LogP contribution in [0.15, 0.2) is 47.9 Å². The van der Waals surface area contributed by atoms with Gasteiger partial charge in [-0.15, -0.1) is 6.58 Å². The Morgan fingerprint density at radius 1 is 1.47 bits per heavy atom. The molecule has 0 saturated heterocycles. The molecule has 1 saturated carbocycles. The lowest BCUT2D eigenvalue weighted by molar-refractivity contribution is -0.143. The van der Waals surface area contributed by atoms with Crippen molar-refractivity contribution in [2.75, 3.05) is 6.61 Å². The maximum absolute atomic E-state index is 12.7. The molecule has 0 heterocycles. The summed E-state index contributed by atoms with van der Waals surface area (Å²) in [6.45, 7) is 5.42. The maximum atomic E-state index is 12.7. The van der Waals surface area contributed by atoms with Crippen molar-refractivity contribution in [2.45, 2.75) is 23.0 Å². The van der Waals surface area contributed by atoms with Crippen molar-refractivity contribution in [3.63, 3.8) is 0 Å². The van der Waals surface area contributed by atoms with Crippen molar-refractivity contribution in [3.8, 4) is 0 Å². The quantitative estimate of drug-likeness (QED) is 0.611. The molecule has 0 N–H and O–H groups in total. The number of carbonyl (C=O) groups excluding carboxylic acids is 1. The second-order valence-corrected chi connectivity index (χ2v) is 6.68. The highest BCUT2D eigenvalue weighted by molar-refractivity contribution is 7.94. The zero-order valence-electron chi connectivity index (χ0n) is 10.7. The first-order valence-electron chi connectivity index (χ1n) is 6.10. The first kappa shape index (κ1) is 13.8. The Kier molecular flexibility index (Phi) is 3.49. The van der Waals surface area contributed by atoms with Crippen LogP contribution in [-0.2, 0) is 19.4 Å². The second kappa shape index (κ2) is 4.81. The summed E-state index contributed by atoms with van der Waals surface area (Å²) < 4.78 is 28.8. The first-order valence-corrected chi connectivity index (χ1v) is 7.58. The van der Waals surface area contributed by atoms with Gasteiger partial charge in [-0.3, -0.25) is 4.79 Å². The third-order valence-corrected chi connectivity index (χ3v) is 5.89. The first-order chi connectivity index (χ1) is 9.00. The number of esters is 1.